The van der Waals surface area contributed by atoms with Crippen LogP contribution < -0.4 is 0 Å². The number of unbranched alkanes of at least 4 members (excludes halogenated alkanes) is 11. The summed E-state index contributed by atoms with van der Waals surface area (Å²) in [5.74, 6) is -1.07. The third kappa shape index (κ3) is 57.7. The molecule has 0 amide bonds. The zero-order valence-corrected chi connectivity index (χ0v) is 47.0. The minimum Gasteiger partial charge on any atom is -0.462 e. The molecule has 0 N–H and O–H groups in total. The Morgan fingerprint density at radius 2 is 0.554 bits per heavy atom. The zero-order valence-electron chi connectivity index (χ0n) is 47.0. The van der Waals surface area contributed by atoms with E-state index < -0.39 is 12.1 Å². The van der Waals surface area contributed by atoms with Crippen molar-refractivity contribution in [3.05, 3.63) is 170 Å². The Morgan fingerprint density at radius 3 is 0.878 bits per heavy atom. The number of carbonyl (C=O) groups is 3. The van der Waals surface area contributed by atoms with Gasteiger partial charge in [0.2, 0.25) is 0 Å². The number of hydrogen-bond donors (Lipinski definition) is 0. The van der Waals surface area contributed by atoms with Crippen LogP contribution in [0.5, 0.6) is 0 Å². The first-order valence-electron chi connectivity index (χ1n) is 29.1. The van der Waals surface area contributed by atoms with Crippen molar-refractivity contribution in [1.29, 1.82) is 0 Å². The van der Waals surface area contributed by atoms with Gasteiger partial charge in [-0.05, 0) is 122 Å². The molecule has 1 atom stereocenters. The number of rotatable bonds is 50. The van der Waals surface area contributed by atoms with E-state index in [1.807, 2.05) is 12.2 Å². The van der Waals surface area contributed by atoms with E-state index in [-0.39, 0.29) is 38.0 Å². The average Bonchev–Trinajstić information content (AvgIpc) is 3.40. The lowest BCUT2D eigenvalue weighted by Gasteiger charge is -2.18. The van der Waals surface area contributed by atoms with Gasteiger partial charge in [0.05, 0.1) is 0 Å². The van der Waals surface area contributed by atoms with Crippen LogP contribution in [0, 0.1) is 0 Å². The minimum absolute atomic E-state index is 0.129. The summed E-state index contributed by atoms with van der Waals surface area (Å²) < 4.78 is 16.7. The quantitative estimate of drug-likeness (QED) is 0.0261. The first-order valence-corrected chi connectivity index (χ1v) is 29.1. The van der Waals surface area contributed by atoms with E-state index in [0.29, 0.717) is 19.3 Å². The average molecular weight is 1020 g/mol. The van der Waals surface area contributed by atoms with Gasteiger partial charge in [0, 0.05) is 19.3 Å². The molecule has 0 aliphatic carbocycles. The second-order valence-corrected chi connectivity index (χ2v) is 18.4. The maximum atomic E-state index is 12.8. The van der Waals surface area contributed by atoms with E-state index in [1.165, 1.54) is 44.9 Å². The van der Waals surface area contributed by atoms with Gasteiger partial charge in [0.15, 0.2) is 6.10 Å². The van der Waals surface area contributed by atoms with Crippen LogP contribution in [0.4, 0.5) is 0 Å². The van der Waals surface area contributed by atoms with Gasteiger partial charge in [0.1, 0.15) is 13.2 Å². The molecule has 0 aliphatic heterocycles. The van der Waals surface area contributed by atoms with E-state index in [1.54, 1.807) is 0 Å². The fourth-order valence-electron chi connectivity index (χ4n) is 7.19. The minimum atomic E-state index is -0.844. The van der Waals surface area contributed by atoms with Crippen LogP contribution in [-0.2, 0) is 28.6 Å². The summed E-state index contributed by atoms with van der Waals surface area (Å²) in [5, 5.41) is 0. The molecule has 0 aromatic carbocycles. The molecular formula is C68H104O6. The van der Waals surface area contributed by atoms with Crippen molar-refractivity contribution in [1.82, 2.24) is 0 Å². The highest BCUT2D eigenvalue weighted by molar-refractivity contribution is 5.71. The smallest absolute Gasteiger partial charge is 0.306 e. The number of ether oxygens (including phenoxy) is 3. The van der Waals surface area contributed by atoms with Crippen LogP contribution in [0.1, 0.15) is 220 Å². The molecule has 6 nitrogen and oxygen atoms in total. The highest BCUT2D eigenvalue weighted by Gasteiger charge is 2.19. The van der Waals surface area contributed by atoms with E-state index in [2.05, 4.69) is 179 Å². The van der Waals surface area contributed by atoms with Crippen molar-refractivity contribution in [2.75, 3.05) is 13.2 Å². The molecule has 0 rings (SSSR count). The van der Waals surface area contributed by atoms with Gasteiger partial charge in [-0.25, -0.2) is 0 Å². The van der Waals surface area contributed by atoms with Crippen LogP contribution in [0.25, 0.3) is 0 Å². The molecule has 412 valence electrons. The van der Waals surface area contributed by atoms with Crippen molar-refractivity contribution in [3.8, 4) is 0 Å². The Hall–Kier alpha value is -5.23. The van der Waals surface area contributed by atoms with Gasteiger partial charge in [-0.1, -0.05) is 249 Å². The second kappa shape index (κ2) is 60.3. The van der Waals surface area contributed by atoms with Crippen LogP contribution in [0.2, 0.25) is 0 Å². The molecule has 0 heterocycles. The predicted octanol–water partition coefficient (Wildman–Crippen LogP) is 19.9. The molecule has 0 saturated heterocycles. The second-order valence-electron chi connectivity index (χ2n) is 18.4. The topological polar surface area (TPSA) is 78.9 Å². The van der Waals surface area contributed by atoms with Crippen LogP contribution in [0.15, 0.2) is 170 Å². The highest BCUT2D eigenvalue weighted by Crippen LogP contribution is 2.13. The van der Waals surface area contributed by atoms with E-state index >= 15 is 0 Å². The molecule has 74 heavy (non-hydrogen) atoms. The Bertz CT molecular complexity index is 1740. The first-order chi connectivity index (χ1) is 36.5. The van der Waals surface area contributed by atoms with E-state index in [9.17, 15) is 14.4 Å². The number of carbonyl (C=O) groups excluding carboxylic acids is 3. The third-order valence-electron chi connectivity index (χ3n) is 11.5. The normalized spacial score (nSPS) is 13.4. The zero-order chi connectivity index (χ0) is 53.6. The summed E-state index contributed by atoms with van der Waals surface area (Å²) >= 11 is 0. The summed E-state index contributed by atoms with van der Waals surface area (Å²) in [4.78, 5) is 38.1. The molecule has 0 radical (unpaired) electrons. The fraction of sp³-hybridized carbons (Fsp3) is 0.544. The van der Waals surface area contributed by atoms with Crippen molar-refractivity contribution < 1.29 is 28.6 Å². The largest absolute Gasteiger partial charge is 0.462 e. The van der Waals surface area contributed by atoms with Gasteiger partial charge >= 0.3 is 17.9 Å². The molecule has 0 aromatic heterocycles. The number of allylic oxidation sites excluding steroid dienone is 28. The molecule has 0 spiro atoms. The summed E-state index contributed by atoms with van der Waals surface area (Å²) in [6.07, 6.45) is 89.4. The Balaban J connectivity index is 4.51. The molecular weight excluding hydrogens is 913 g/mol. The lowest BCUT2D eigenvalue weighted by atomic mass is 10.1. The summed E-state index contributed by atoms with van der Waals surface area (Å²) in [6.45, 7) is 6.28. The Labute approximate surface area is 453 Å². The van der Waals surface area contributed by atoms with Crippen LogP contribution in [-0.4, -0.2) is 37.2 Å². The molecule has 0 aromatic rings. The van der Waals surface area contributed by atoms with Crippen LogP contribution in [0.3, 0.4) is 0 Å². The predicted molar refractivity (Wildman–Crippen MR) is 320 cm³/mol. The van der Waals surface area contributed by atoms with Gasteiger partial charge in [0.25, 0.3) is 0 Å². The van der Waals surface area contributed by atoms with Crippen molar-refractivity contribution >= 4 is 17.9 Å². The monoisotopic (exact) mass is 1020 g/mol. The fourth-order valence-corrected chi connectivity index (χ4v) is 7.19. The Morgan fingerprint density at radius 1 is 0.284 bits per heavy atom. The van der Waals surface area contributed by atoms with Crippen molar-refractivity contribution in [2.45, 2.75) is 226 Å². The lowest BCUT2D eigenvalue weighted by molar-refractivity contribution is -0.166. The molecule has 6 heteroatoms. The van der Waals surface area contributed by atoms with Crippen molar-refractivity contribution in [2.24, 2.45) is 0 Å². The van der Waals surface area contributed by atoms with Crippen LogP contribution >= 0.6 is 0 Å². The summed E-state index contributed by atoms with van der Waals surface area (Å²) in [6, 6.07) is 0. The maximum Gasteiger partial charge on any atom is 0.306 e. The van der Waals surface area contributed by atoms with Gasteiger partial charge in [-0.15, -0.1) is 0 Å². The number of hydrogen-bond acceptors (Lipinski definition) is 6. The number of esters is 3. The molecule has 0 saturated carbocycles. The SMILES string of the molecule is CC/C=C\C/C=C\C/C=C\C/C=C\C/C=C\C/C=C\C/C=C\C/C=C\CCCCC(=O)OCC(COC(=O)CCCCCCCCCCCC)OC(=O)CC/C=C\C/C=C\C/C=C\C/C=C\C/C=C\C/C=C\CC. The molecule has 0 aliphatic rings. The van der Waals surface area contributed by atoms with Gasteiger partial charge < -0.3 is 14.2 Å². The lowest BCUT2D eigenvalue weighted by Crippen LogP contribution is -2.30. The van der Waals surface area contributed by atoms with Gasteiger partial charge in [-0.3, -0.25) is 14.4 Å². The van der Waals surface area contributed by atoms with Gasteiger partial charge in [-0.2, -0.15) is 0 Å². The van der Waals surface area contributed by atoms with E-state index in [0.717, 1.165) is 122 Å². The molecule has 0 bridgehead atoms. The highest BCUT2D eigenvalue weighted by atomic mass is 16.6. The maximum absolute atomic E-state index is 12.8. The first kappa shape index (κ1) is 68.8. The van der Waals surface area contributed by atoms with E-state index in [4.69, 9.17) is 14.2 Å². The van der Waals surface area contributed by atoms with Crippen molar-refractivity contribution in [3.63, 3.8) is 0 Å². The standard InChI is InChI=1S/C68H104O6/c1-4-7-10-13-16-19-22-24-26-28-30-31-32-33-34-35-36-37-39-40-42-44-46-49-52-55-58-61-67(70)73-64-65(63-72-66(69)60-57-54-51-48-21-18-15-12-9-6-3)74-68(71)62-59-56-53-50-47-45-43-41-38-29-27-25-23-20-17-14-11-8-5-2/h7-8,10-11,16-17,19-20,24-27,30-31,33-34,36-38,40-42,45-47,49,53,56,65H,4-6,9,12-15,18,21-23,28-29,32,35,39,43-44,48,50-52,54-55,57-64H2,1-3H3/b10-7-,11-8-,19-16-,20-17-,26-24-,27-25-,31-30-,34-33-,37-36-,41-38-,42-40-,47-45-,49-46-,56-53-. The summed E-state index contributed by atoms with van der Waals surface area (Å²) in [7, 11) is 0. The molecule has 1 unspecified atom stereocenters. The Kier molecular flexibility index (Phi) is 56.1. The third-order valence-corrected chi connectivity index (χ3v) is 11.5. The summed E-state index contributed by atoms with van der Waals surface area (Å²) in [5.41, 5.74) is 0. The molecule has 0 fully saturated rings.